The largest absolute Gasteiger partial charge is 0.321 e. The van der Waals surface area contributed by atoms with Gasteiger partial charge in [-0.1, -0.05) is 24.3 Å². The van der Waals surface area contributed by atoms with Crippen LogP contribution in [0.2, 0.25) is 0 Å². The summed E-state index contributed by atoms with van der Waals surface area (Å²) in [4.78, 5) is 20.4. The van der Waals surface area contributed by atoms with E-state index < -0.39 is 17.5 Å². The lowest BCUT2D eigenvalue weighted by Crippen LogP contribution is -2.15. The van der Waals surface area contributed by atoms with E-state index in [1.165, 1.54) is 12.1 Å². The van der Waals surface area contributed by atoms with Crippen molar-refractivity contribution in [2.24, 2.45) is 0 Å². The molecule has 0 aliphatic carbocycles. The van der Waals surface area contributed by atoms with Crippen LogP contribution < -0.4 is 10.6 Å². The summed E-state index contributed by atoms with van der Waals surface area (Å²) in [5.74, 6) is -2.07. The van der Waals surface area contributed by atoms with Crippen LogP contribution in [0.15, 0.2) is 54.6 Å². The molecule has 0 aliphatic rings. The summed E-state index contributed by atoms with van der Waals surface area (Å²) in [5.41, 5.74) is 0.795. The molecule has 7 heteroatoms. The Labute approximate surface area is 142 Å². The van der Waals surface area contributed by atoms with E-state index >= 15 is 0 Å². The first-order valence-corrected chi connectivity index (χ1v) is 7.46. The van der Waals surface area contributed by atoms with Gasteiger partial charge in [-0.15, -0.1) is 0 Å². The Morgan fingerprint density at radius 3 is 2.32 bits per heavy atom. The number of aromatic nitrogens is 2. The minimum atomic E-state index is -0.777. The van der Waals surface area contributed by atoms with Gasteiger partial charge in [0.05, 0.1) is 0 Å². The molecule has 5 nitrogen and oxygen atoms in total. The second-order valence-corrected chi connectivity index (χ2v) is 5.26. The quantitative estimate of drug-likeness (QED) is 0.752. The highest BCUT2D eigenvalue weighted by Gasteiger charge is 2.14. The molecule has 2 aromatic carbocycles. The van der Waals surface area contributed by atoms with Crippen molar-refractivity contribution < 1.29 is 13.6 Å². The molecule has 0 aliphatic heterocycles. The smallest absolute Gasteiger partial charge is 0.274 e. The van der Waals surface area contributed by atoms with Crippen molar-refractivity contribution in [1.82, 2.24) is 9.97 Å². The van der Waals surface area contributed by atoms with Gasteiger partial charge in [0.25, 0.3) is 5.91 Å². The molecule has 0 fully saturated rings. The number of aryl methyl sites for hydroxylation is 1. The molecule has 0 unspecified atom stereocenters. The number of anilines is 3. The number of amides is 1. The molecule has 1 aromatic heterocycles. The van der Waals surface area contributed by atoms with E-state index in [1.54, 1.807) is 31.2 Å². The molecule has 1 heterocycles. The van der Waals surface area contributed by atoms with Crippen LogP contribution in [0.25, 0.3) is 0 Å². The van der Waals surface area contributed by atoms with E-state index in [1.807, 2.05) is 6.07 Å². The number of nitrogens with one attached hydrogen (secondary N) is 2. The number of carbonyl (C=O) groups excluding carboxylic acids is 1. The molecular weight excluding hydrogens is 326 g/mol. The van der Waals surface area contributed by atoms with Crippen LogP contribution in [0.4, 0.5) is 26.1 Å². The second kappa shape index (κ2) is 7.04. The number of carbonyl (C=O) groups is 1. The maximum Gasteiger partial charge on any atom is 0.274 e. The number of halogens is 2. The average molecular weight is 340 g/mol. The minimum Gasteiger partial charge on any atom is -0.321 e. The van der Waals surface area contributed by atoms with Gasteiger partial charge in [0.1, 0.15) is 23.0 Å². The lowest BCUT2D eigenvalue weighted by Gasteiger charge is -2.10. The first-order chi connectivity index (χ1) is 12.0. The molecule has 3 aromatic rings. The number of rotatable bonds is 4. The van der Waals surface area contributed by atoms with Crippen molar-refractivity contribution in [1.29, 1.82) is 0 Å². The summed E-state index contributed by atoms with van der Waals surface area (Å²) < 4.78 is 27.5. The fraction of sp³-hybridized carbons (Fsp3) is 0.0556. The molecule has 3 rings (SSSR count). The second-order valence-electron chi connectivity index (χ2n) is 5.26. The zero-order chi connectivity index (χ0) is 17.8. The lowest BCUT2D eigenvalue weighted by molar-refractivity contribution is 0.102. The first kappa shape index (κ1) is 16.5. The van der Waals surface area contributed by atoms with Crippen molar-refractivity contribution in [3.8, 4) is 0 Å². The third-order valence-electron chi connectivity index (χ3n) is 3.32. The molecule has 126 valence electrons. The Morgan fingerprint density at radius 2 is 1.64 bits per heavy atom. The number of hydrogen-bond acceptors (Lipinski definition) is 4. The molecule has 0 spiro atoms. The van der Waals surface area contributed by atoms with Gasteiger partial charge in [0.2, 0.25) is 5.95 Å². The van der Waals surface area contributed by atoms with Gasteiger partial charge in [-0.2, -0.15) is 0 Å². The van der Waals surface area contributed by atoms with Crippen molar-refractivity contribution >= 4 is 23.2 Å². The van der Waals surface area contributed by atoms with E-state index in [0.29, 0.717) is 11.4 Å². The zero-order valence-electron chi connectivity index (χ0n) is 13.3. The normalized spacial score (nSPS) is 10.4. The van der Waals surface area contributed by atoms with Crippen LogP contribution in [0.3, 0.4) is 0 Å². The monoisotopic (exact) mass is 340 g/mol. The standard InChI is InChI=1S/C18H14F2N4O/c1-11-10-15(17(25)22-12-6-3-2-4-7-12)23-18(21-11)24-16-13(19)8-5-9-14(16)20/h2-10H,1H3,(H,22,25)(H,21,23,24). The highest BCUT2D eigenvalue weighted by atomic mass is 19.1. The van der Waals surface area contributed by atoms with Gasteiger partial charge < -0.3 is 10.6 Å². The lowest BCUT2D eigenvalue weighted by atomic mass is 10.2. The molecule has 2 N–H and O–H groups in total. The van der Waals surface area contributed by atoms with E-state index in [-0.39, 0.29) is 17.3 Å². The maximum absolute atomic E-state index is 13.7. The van der Waals surface area contributed by atoms with Crippen LogP contribution in [-0.4, -0.2) is 15.9 Å². The van der Waals surface area contributed by atoms with Crippen LogP contribution in [0.5, 0.6) is 0 Å². The highest BCUT2D eigenvalue weighted by Crippen LogP contribution is 2.21. The van der Waals surface area contributed by atoms with Crippen molar-refractivity contribution in [2.45, 2.75) is 6.92 Å². The fourth-order valence-corrected chi connectivity index (χ4v) is 2.19. The third kappa shape index (κ3) is 3.95. The molecule has 25 heavy (non-hydrogen) atoms. The van der Waals surface area contributed by atoms with Crippen molar-refractivity contribution in [2.75, 3.05) is 10.6 Å². The Morgan fingerprint density at radius 1 is 0.960 bits per heavy atom. The summed E-state index contributed by atoms with van der Waals surface area (Å²) in [5, 5.41) is 5.18. The zero-order valence-corrected chi connectivity index (χ0v) is 13.3. The molecule has 0 atom stereocenters. The molecule has 0 saturated heterocycles. The van der Waals surface area contributed by atoms with Gasteiger partial charge >= 0.3 is 0 Å². The summed E-state index contributed by atoms with van der Waals surface area (Å²) in [6, 6.07) is 13.8. The number of para-hydroxylation sites is 2. The predicted molar refractivity (Wildman–Crippen MR) is 90.8 cm³/mol. The average Bonchev–Trinajstić information content (AvgIpc) is 2.59. The van der Waals surface area contributed by atoms with Crippen LogP contribution in [0.1, 0.15) is 16.2 Å². The van der Waals surface area contributed by atoms with Gasteiger partial charge in [-0.3, -0.25) is 4.79 Å². The molecular formula is C18H14F2N4O. The minimum absolute atomic E-state index is 0.0674. The van der Waals surface area contributed by atoms with Gasteiger partial charge in [0, 0.05) is 11.4 Å². The van der Waals surface area contributed by atoms with Gasteiger partial charge in [-0.05, 0) is 37.3 Å². The highest BCUT2D eigenvalue weighted by molar-refractivity contribution is 6.03. The number of nitrogens with zero attached hydrogens (tertiary/aromatic N) is 2. The Bertz CT molecular complexity index is 896. The molecule has 1 amide bonds. The Hall–Kier alpha value is -3.35. The molecule has 0 saturated carbocycles. The SMILES string of the molecule is Cc1cc(C(=O)Nc2ccccc2)nc(Nc2c(F)cccc2F)n1. The summed E-state index contributed by atoms with van der Waals surface area (Å²) in [6.45, 7) is 1.66. The predicted octanol–water partition coefficient (Wildman–Crippen LogP) is 4.06. The Kier molecular flexibility index (Phi) is 4.65. The van der Waals surface area contributed by atoms with Gasteiger partial charge in [0.15, 0.2) is 0 Å². The topological polar surface area (TPSA) is 66.9 Å². The molecule has 0 bridgehead atoms. The maximum atomic E-state index is 13.7. The number of hydrogen-bond donors (Lipinski definition) is 2. The van der Waals surface area contributed by atoms with Crippen LogP contribution in [-0.2, 0) is 0 Å². The van der Waals surface area contributed by atoms with Crippen molar-refractivity contribution in [3.05, 3.63) is 77.6 Å². The van der Waals surface area contributed by atoms with Crippen LogP contribution in [0, 0.1) is 18.6 Å². The summed E-state index contributed by atoms with van der Waals surface area (Å²) in [6.07, 6.45) is 0. The third-order valence-corrected chi connectivity index (χ3v) is 3.32. The summed E-state index contributed by atoms with van der Waals surface area (Å²) in [7, 11) is 0. The van der Waals surface area contributed by atoms with Gasteiger partial charge in [-0.25, -0.2) is 18.7 Å². The summed E-state index contributed by atoms with van der Waals surface area (Å²) >= 11 is 0. The molecule has 0 radical (unpaired) electrons. The van der Waals surface area contributed by atoms with Crippen LogP contribution >= 0.6 is 0 Å². The number of benzene rings is 2. The first-order valence-electron chi connectivity index (χ1n) is 7.46. The van der Waals surface area contributed by atoms with E-state index in [4.69, 9.17) is 0 Å². The fourth-order valence-electron chi connectivity index (χ4n) is 2.19. The van der Waals surface area contributed by atoms with E-state index in [0.717, 1.165) is 12.1 Å². The Balaban J connectivity index is 1.87. The van der Waals surface area contributed by atoms with Crippen molar-refractivity contribution in [3.63, 3.8) is 0 Å². The van der Waals surface area contributed by atoms with E-state index in [2.05, 4.69) is 20.6 Å². The van der Waals surface area contributed by atoms with E-state index in [9.17, 15) is 13.6 Å².